The molecule has 2 amide bonds. The third-order valence-electron chi connectivity index (χ3n) is 4.02. The van der Waals surface area contributed by atoms with E-state index in [0.29, 0.717) is 18.5 Å². The molecule has 0 spiro atoms. The van der Waals surface area contributed by atoms with E-state index in [4.69, 9.17) is 9.84 Å². The number of nitrogens with zero attached hydrogens (tertiary/aromatic N) is 1. The molecule has 1 saturated carbocycles. The van der Waals surface area contributed by atoms with E-state index in [1.807, 2.05) is 4.90 Å². The number of fused-ring (bicyclic) bond motifs is 1. The summed E-state index contributed by atoms with van der Waals surface area (Å²) in [7, 11) is 0. The molecule has 2 aliphatic rings. The van der Waals surface area contributed by atoms with Gasteiger partial charge in [-0.2, -0.15) is 0 Å². The van der Waals surface area contributed by atoms with Gasteiger partial charge in [-0.1, -0.05) is 12.8 Å². The second-order valence-corrected chi connectivity index (χ2v) is 5.27. The third kappa shape index (κ3) is 3.83. The molecule has 19 heavy (non-hydrogen) atoms. The molecule has 2 unspecified atom stereocenters. The molecule has 0 aromatic carbocycles. The van der Waals surface area contributed by atoms with Crippen LogP contribution in [0.2, 0.25) is 0 Å². The van der Waals surface area contributed by atoms with Crippen molar-refractivity contribution in [2.45, 2.75) is 38.1 Å². The number of carboxylic acids is 1. The minimum Gasteiger partial charge on any atom is -0.480 e. The van der Waals surface area contributed by atoms with E-state index in [1.54, 1.807) is 0 Å². The van der Waals surface area contributed by atoms with Crippen LogP contribution in [0.15, 0.2) is 0 Å². The minimum absolute atomic E-state index is 0.0340. The molecule has 0 aromatic heterocycles. The number of carbonyl (C=O) groups is 2. The Kier molecular flexibility index (Phi) is 5.01. The monoisotopic (exact) mass is 270 g/mol. The lowest BCUT2D eigenvalue weighted by Crippen LogP contribution is -2.45. The standard InChI is InChI=1S/C13H22N2O4/c16-12(17)9-19-8-6-14-13(18)15-7-5-10-3-1-2-4-11(10)15/h10-11H,1-9H2,(H,14,18)(H,16,17). The summed E-state index contributed by atoms with van der Waals surface area (Å²) >= 11 is 0. The van der Waals surface area contributed by atoms with Crippen LogP contribution in [0.25, 0.3) is 0 Å². The lowest BCUT2D eigenvalue weighted by Gasteiger charge is -2.31. The molecule has 2 N–H and O–H groups in total. The van der Waals surface area contributed by atoms with Crippen LogP contribution in [-0.2, 0) is 9.53 Å². The molecule has 108 valence electrons. The predicted octanol–water partition coefficient (Wildman–Crippen LogP) is 1.06. The number of carboxylic acid groups (broad SMARTS) is 1. The van der Waals surface area contributed by atoms with Gasteiger partial charge in [0.2, 0.25) is 0 Å². The number of carbonyl (C=O) groups excluding carboxylic acids is 1. The van der Waals surface area contributed by atoms with Crippen LogP contribution < -0.4 is 5.32 Å². The first kappa shape index (κ1) is 14.1. The van der Waals surface area contributed by atoms with Gasteiger partial charge in [-0.3, -0.25) is 0 Å². The zero-order valence-electron chi connectivity index (χ0n) is 11.1. The maximum absolute atomic E-state index is 12.0. The number of ether oxygens (including phenoxy) is 1. The van der Waals surface area contributed by atoms with Gasteiger partial charge < -0.3 is 20.1 Å². The first-order chi connectivity index (χ1) is 9.18. The average molecular weight is 270 g/mol. The summed E-state index contributed by atoms with van der Waals surface area (Å²) in [5.41, 5.74) is 0. The molecule has 1 heterocycles. The van der Waals surface area contributed by atoms with Crippen molar-refractivity contribution in [2.24, 2.45) is 5.92 Å². The zero-order chi connectivity index (χ0) is 13.7. The van der Waals surface area contributed by atoms with Crippen molar-refractivity contribution < 1.29 is 19.4 Å². The molecule has 6 nitrogen and oxygen atoms in total. The molecule has 2 atom stereocenters. The number of nitrogens with one attached hydrogen (secondary N) is 1. The Balaban J connectivity index is 1.67. The molecule has 1 saturated heterocycles. The number of likely N-dealkylation sites (tertiary alicyclic amines) is 1. The number of urea groups is 1. The third-order valence-corrected chi connectivity index (χ3v) is 4.02. The average Bonchev–Trinajstić information content (AvgIpc) is 2.81. The molecule has 0 aromatic rings. The first-order valence-corrected chi connectivity index (χ1v) is 7.02. The molecule has 1 aliphatic heterocycles. The van der Waals surface area contributed by atoms with E-state index in [9.17, 15) is 9.59 Å². The van der Waals surface area contributed by atoms with Crippen molar-refractivity contribution in [3.8, 4) is 0 Å². The molecular weight excluding hydrogens is 248 g/mol. The number of aliphatic carboxylic acids is 1. The van der Waals surface area contributed by atoms with Crippen LogP contribution in [0.3, 0.4) is 0 Å². The van der Waals surface area contributed by atoms with Crippen LogP contribution in [0, 0.1) is 5.92 Å². The molecular formula is C13H22N2O4. The summed E-state index contributed by atoms with van der Waals surface area (Å²) in [6, 6.07) is 0.377. The fourth-order valence-corrected chi connectivity index (χ4v) is 3.15. The van der Waals surface area contributed by atoms with Crippen LogP contribution in [-0.4, -0.2) is 54.4 Å². The number of rotatable bonds is 5. The Morgan fingerprint density at radius 3 is 2.84 bits per heavy atom. The fourth-order valence-electron chi connectivity index (χ4n) is 3.15. The van der Waals surface area contributed by atoms with Gasteiger partial charge in [0.1, 0.15) is 6.61 Å². The van der Waals surface area contributed by atoms with Crippen LogP contribution in [0.4, 0.5) is 4.79 Å². The molecule has 2 rings (SSSR count). The second-order valence-electron chi connectivity index (χ2n) is 5.27. The normalized spacial score (nSPS) is 26.0. The van der Waals surface area contributed by atoms with Crippen molar-refractivity contribution in [1.29, 1.82) is 0 Å². The fraction of sp³-hybridized carbons (Fsp3) is 0.846. The molecule has 0 radical (unpaired) electrons. The smallest absolute Gasteiger partial charge is 0.329 e. The van der Waals surface area contributed by atoms with E-state index in [0.717, 1.165) is 19.4 Å². The van der Waals surface area contributed by atoms with Crippen molar-refractivity contribution in [2.75, 3.05) is 26.3 Å². The largest absolute Gasteiger partial charge is 0.480 e. The van der Waals surface area contributed by atoms with E-state index in [2.05, 4.69) is 5.32 Å². The summed E-state index contributed by atoms with van der Waals surface area (Å²) in [6.07, 6.45) is 5.99. The quantitative estimate of drug-likeness (QED) is 0.732. The topological polar surface area (TPSA) is 78.9 Å². The lowest BCUT2D eigenvalue weighted by molar-refractivity contribution is -0.142. The Hall–Kier alpha value is -1.30. The van der Waals surface area contributed by atoms with Crippen LogP contribution in [0.1, 0.15) is 32.1 Å². The summed E-state index contributed by atoms with van der Waals surface area (Å²) in [4.78, 5) is 24.2. The molecule has 2 fully saturated rings. The highest BCUT2D eigenvalue weighted by Crippen LogP contribution is 2.35. The van der Waals surface area contributed by atoms with E-state index < -0.39 is 5.97 Å². The van der Waals surface area contributed by atoms with Gasteiger partial charge in [0.15, 0.2) is 0 Å². The zero-order valence-corrected chi connectivity index (χ0v) is 11.1. The Labute approximate surface area is 113 Å². The summed E-state index contributed by atoms with van der Waals surface area (Å²) in [5, 5.41) is 11.2. The maximum Gasteiger partial charge on any atom is 0.329 e. The van der Waals surface area contributed by atoms with E-state index in [-0.39, 0.29) is 19.2 Å². The van der Waals surface area contributed by atoms with Crippen molar-refractivity contribution in [3.63, 3.8) is 0 Å². The summed E-state index contributed by atoms with van der Waals surface area (Å²) in [6.45, 7) is 1.13. The van der Waals surface area contributed by atoms with Crippen LogP contribution >= 0.6 is 0 Å². The first-order valence-electron chi connectivity index (χ1n) is 7.02. The van der Waals surface area contributed by atoms with Gasteiger partial charge in [-0.05, 0) is 25.2 Å². The number of amides is 2. The van der Waals surface area contributed by atoms with Gasteiger partial charge in [-0.25, -0.2) is 9.59 Å². The molecule has 1 aliphatic carbocycles. The van der Waals surface area contributed by atoms with Gasteiger partial charge in [0, 0.05) is 19.1 Å². The van der Waals surface area contributed by atoms with E-state index in [1.165, 1.54) is 19.3 Å². The van der Waals surface area contributed by atoms with Gasteiger partial charge in [0.05, 0.1) is 6.61 Å². The van der Waals surface area contributed by atoms with Crippen LogP contribution in [0.5, 0.6) is 0 Å². The van der Waals surface area contributed by atoms with Gasteiger partial charge in [-0.15, -0.1) is 0 Å². The highest BCUT2D eigenvalue weighted by atomic mass is 16.5. The molecule has 0 bridgehead atoms. The van der Waals surface area contributed by atoms with Crippen molar-refractivity contribution in [3.05, 3.63) is 0 Å². The SMILES string of the molecule is O=C(O)COCCNC(=O)N1CCC2CCCCC21. The van der Waals surface area contributed by atoms with E-state index >= 15 is 0 Å². The summed E-state index contributed by atoms with van der Waals surface area (Å²) in [5.74, 6) is -0.307. The highest BCUT2D eigenvalue weighted by molar-refractivity contribution is 5.75. The Morgan fingerprint density at radius 2 is 2.05 bits per heavy atom. The Morgan fingerprint density at radius 1 is 1.26 bits per heavy atom. The van der Waals surface area contributed by atoms with Crippen molar-refractivity contribution >= 4 is 12.0 Å². The predicted molar refractivity (Wildman–Crippen MR) is 68.9 cm³/mol. The van der Waals surface area contributed by atoms with Gasteiger partial charge >= 0.3 is 12.0 Å². The number of hydrogen-bond acceptors (Lipinski definition) is 3. The number of hydrogen-bond donors (Lipinski definition) is 2. The van der Waals surface area contributed by atoms with Crippen molar-refractivity contribution in [1.82, 2.24) is 10.2 Å². The molecule has 6 heteroatoms. The maximum atomic E-state index is 12.0. The highest BCUT2D eigenvalue weighted by Gasteiger charge is 2.37. The Bertz CT molecular complexity index is 335. The minimum atomic E-state index is -0.990. The summed E-state index contributed by atoms with van der Waals surface area (Å²) < 4.78 is 4.88. The van der Waals surface area contributed by atoms with Gasteiger partial charge in [0.25, 0.3) is 0 Å². The second kappa shape index (κ2) is 6.75. The lowest BCUT2D eigenvalue weighted by atomic mass is 9.85.